The Balaban J connectivity index is 0.00000364. The summed E-state index contributed by atoms with van der Waals surface area (Å²) in [7, 11) is 3.05. The van der Waals surface area contributed by atoms with Crippen LogP contribution in [-0.2, 0) is 6.54 Å². The Hall–Kier alpha value is -2.10. The van der Waals surface area contributed by atoms with Gasteiger partial charge in [-0.2, -0.15) is 0 Å². The second-order valence-electron chi connectivity index (χ2n) is 5.63. The summed E-state index contributed by atoms with van der Waals surface area (Å²) < 4.78 is 37.8. The van der Waals surface area contributed by atoms with Crippen LogP contribution in [0.4, 0.5) is 8.78 Å². The van der Waals surface area contributed by atoms with Crippen molar-refractivity contribution in [3.8, 4) is 11.5 Å². The number of hydrogen-bond donors (Lipinski definition) is 2. The number of halogens is 3. The molecule has 0 aliphatic rings. The molecular formula is C19H24F2IN3O2. The van der Waals surface area contributed by atoms with E-state index in [4.69, 9.17) is 9.47 Å². The van der Waals surface area contributed by atoms with Gasteiger partial charge in [-0.15, -0.1) is 24.0 Å². The van der Waals surface area contributed by atoms with Crippen LogP contribution in [0.2, 0.25) is 0 Å². The van der Waals surface area contributed by atoms with Crippen LogP contribution in [0.3, 0.4) is 0 Å². The highest BCUT2D eigenvalue weighted by Gasteiger charge is 2.09. The summed E-state index contributed by atoms with van der Waals surface area (Å²) in [6.45, 7) is 2.64. The Labute approximate surface area is 175 Å². The molecule has 2 aromatic rings. The van der Waals surface area contributed by atoms with Crippen LogP contribution in [0.1, 0.15) is 12.5 Å². The van der Waals surface area contributed by atoms with Crippen molar-refractivity contribution in [2.45, 2.75) is 19.6 Å². The fourth-order valence-electron chi connectivity index (χ4n) is 2.27. The highest BCUT2D eigenvalue weighted by molar-refractivity contribution is 14.0. The molecule has 5 nitrogen and oxygen atoms in total. The largest absolute Gasteiger partial charge is 0.494 e. The number of hydrogen-bond acceptors (Lipinski definition) is 3. The lowest BCUT2D eigenvalue weighted by Crippen LogP contribution is -2.41. The van der Waals surface area contributed by atoms with Gasteiger partial charge in [0.1, 0.15) is 6.10 Å². The zero-order valence-corrected chi connectivity index (χ0v) is 17.8. The predicted octanol–water partition coefficient (Wildman–Crippen LogP) is 3.72. The van der Waals surface area contributed by atoms with Gasteiger partial charge >= 0.3 is 0 Å². The van der Waals surface area contributed by atoms with Gasteiger partial charge in [0, 0.05) is 13.6 Å². The standard InChI is InChI=1S/C19H23F2N3O2.HI/c1-13(26-18-7-5-4-6-15(18)20)11-23-19(22-2)24-12-14-8-9-17(25-3)16(21)10-14;/h4-10,13H,11-12H2,1-3H3,(H2,22,23,24);1H. The van der Waals surface area contributed by atoms with Crippen molar-refractivity contribution >= 4 is 29.9 Å². The molecule has 0 radical (unpaired) electrons. The second kappa shape index (κ2) is 11.6. The van der Waals surface area contributed by atoms with Crippen molar-refractivity contribution in [2.75, 3.05) is 20.7 Å². The van der Waals surface area contributed by atoms with E-state index in [-0.39, 0.29) is 41.6 Å². The van der Waals surface area contributed by atoms with Crippen molar-refractivity contribution in [3.05, 3.63) is 59.7 Å². The number of para-hydroxylation sites is 1. The lowest BCUT2D eigenvalue weighted by Gasteiger charge is -2.18. The van der Waals surface area contributed by atoms with E-state index in [0.717, 1.165) is 5.56 Å². The lowest BCUT2D eigenvalue weighted by molar-refractivity contribution is 0.214. The maximum absolute atomic E-state index is 13.7. The number of ether oxygens (including phenoxy) is 2. The molecule has 0 amide bonds. The Kier molecular flexibility index (Phi) is 9.84. The topological polar surface area (TPSA) is 54.9 Å². The van der Waals surface area contributed by atoms with E-state index in [9.17, 15) is 8.78 Å². The molecular weight excluding hydrogens is 467 g/mol. The third-order valence-corrected chi connectivity index (χ3v) is 3.62. The summed E-state index contributed by atoms with van der Waals surface area (Å²) in [6, 6.07) is 11.0. The minimum absolute atomic E-state index is 0. The molecule has 1 atom stereocenters. The third kappa shape index (κ3) is 7.20. The molecule has 0 bridgehead atoms. The van der Waals surface area contributed by atoms with Crippen LogP contribution in [0.15, 0.2) is 47.5 Å². The number of nitrogens with zero attached hydrogens (tertiary/aromatic N) is 1. The average molecular weight is 491 g/mol. The van der Waals surface area contributed by atoms with Crippen molar-refractivity contribution in [1.29, 1.82) is 0 Å². The number of benzene rings is 2. The van der Waals surface area contributed by atoms with Gasteiger partial charge in [0.2, 0.25) is 0 Å². The first-order valence-corrected chi connectivity index (χ1v) is 8.21. The van der Waals surface area contributed by atoms with Crippen LogP contribution in [0, 0.1) is 11.6 Å². The van der Waals surface area contributed by atoms with Crippen LogP contribution in [-0.4, -0.2) is 32.8 Å². The first kappa shape index (κ1) is 22.9. The zero-order valence-electron chi connectivity index (χ0n) is 15.5. The van der Waals surface area contributed by atoms with E-state index in [1.54, 1.807) is 37.4 Å². The van der Waals surface area contributed by atoms with E-state index < -0.39 is 11.6 Å². The molecule has 0 saturated heterocycles. The molecule has 2 N–H and O–H groups in total. The van der Waals surface area contributed by atoms with Gasteiger partial charge in [-0.1, -0.05) is 18.2 Å². The van der Waals surface area contributed by atoms with E-state index in [1.807, 2.05) is 6.92 Å². The van der Waals surface area contributed by atoms with Gasteiger partial charge in [-0.3, -0.25) is 4.99 Å². The molecule has 0 aromatic heterocycles. The molecule has 0 heterocycles. The lowest BCUT2D eigenvalue weighted by atomic mass is 10.2. The van der Waals surface area contributed by atoms with E-state index in [0.29, 0.717) is 19.0 Å². The fraction of sp³-hybridized carbons (Fsp3) is 0.316. The fourth-order valence-corrected chi connectivity index (χ4v) is 2.27. The van der Waals surface area contributed by atoms with Gasteiger partial charge in [0.25, 0.3) is 0 Å². The van der Waals surface area contributed by atoms with Crippen LogP contribution < -0.4 is 20.1 Å². The Bertz CT molecular complexity index is 759. The maximum Gasteiger partial charge on any atom is 0.191 e. The molecule has 8 heteroatoms. The minimum Gasteiger partial charge on any atom is -0.494 e. The molecule has 148 valence electrons. The van der Waals surface area contributed by atoms with Crippen molar-refractivity contribution in [2.24, 2.45) is 4.99 Å². The average Bonchev–Trinajstić information content (AvgIpc) is 2.64. The SMILES string of the molecule is CN=C(NCc1ccc(OC)c(F)c1)NCC(C)Oc1ccccc1F.I. The third-order valence-electron chi connectivity index (χ3n) is 3.62. The smallest absolute Gasteiger partial charge is 0.191 e. The molecule has 0 aliphatic carbocycles. The highest BCUT2D eigenvalue weighted by Crippen LogP contribution is 2.18. The van der Waals surface area contributed by atoms with E-state index in [1.165, 1.54) is 19.2 Å². The van der Waals surface area contributed by atoms with Crippen LogP contribution >= 0.6 is 24.0 Å². The highest BCUT2D eigenvalue weighted by atomic mass is 127. The molecule has 0 spiro atoms. The van der Waals surface area contributed by atoms with E-state index >= 15 is 0 Å². The van der Waals surface area contributed by atoms with Gasteiger partial charge in [-0.25, -0.2) is 8.78 Å². The number of aliphatic imine (C=N–C) groups is 1. The summed E-state index contributed by atoms with van der Waals surface area (Å²) in [4.78, 5) is 4.10. The maximum atomic E-state index is 13.7. The normalized spacial score (nSPS) is 12.0. The number of guanidine groups is 1. The molecule has 0 fully saturated rings. The molecule has 2 aromatic carbocycles. The van der Waals surface area contributed by atoms with Crippen molar-refractivity contribution in [1.82, 2.24) is 10.6 Å². The van der Waals surface area contributed by atoms with E-state index in [2.05, 4.69) is 15.6 Å². The molecule has 0 aliphatic heterocycles. The predicted molar refractivity (Wildman–Crippen MR) is 113 cm³/mol. The van der Waals surface area contributed by atoms with Gasteiger partial charge < -0.3 is 20.1 Å². The molecule has 27 heavy (non-hydrogen) atoms. The zero-order chi connectivity index (χ0) is 18.9. The van der Waals surface area contributed by atoms with Gasteiger partial charge in [0.05, 0.1) is 13.7 Å². The van der Waals surface area contributed by atoms with Crippen LogP contribution in [0.25, 0.3) is 0 Å². The minimum atomic E-state index is -0.415. The summed E-state index contributed by atoms with van der Waals surface area (Å²) in [6.07, 6.45) is -0.274. The molecule has 2 rings (SSSR count). The number of rotatable bonds is 7. The quantitative estimate of drug-likeness (QED) is 0.352. The summed E-state index contributed by atoms with van der Waals surface area (Å²) in [5.74, 6) is 0.129. The monoisotopic (exact) mass is 491 g/mol. The number of methoxy groups -OCH3 is 1. The second-order valence-corrected chi connectivity index (χ2v) is 5.63. The Morgan fingerprint density at radius 2 is 1.81 bits per heavy atom. The van der Waals surface area contributed by atoms with Gasteiger partial charge in [0.15, 0.2) is 29.1 Å². The molecule has 0 saturated carbocycles. The first-order valence-electron chi connectivity index (χ1n) is 8.21. The Morgan fingerprint density at radius 3 is 2.44 bits per heavy atom. The van der Waals surface area contributed by atoms with Crippen molar-refractivity contribution in [3.63, 3.8) is 0 Å². The molecule has 1 unspecified atom stereocenters. The Morgan fingerprint density at radius 1 is 1.07 bits per heavy atom. The summed E-state index contributed by atoms with van der Waals surface area (Å²) in [5.41, 5.74) is 0.752. The first-order chi connectivity index (χ1) is 12.5. The van der Waals surface area contributed by atoms with Crippen LogP contribution in [0.5, 0.6) is 11.5 Å². The summed E-state index contributed by atoms with van der Waals surface area (Å²) >= 11 is 0. The van der Waals surface area contributed by atoms with Gasteiger partial charge in [-0.05, 0) is 36.8 Å². The van der Waals surface area contributed by atoms with Crippen molar-refractivity contribution < 1.29 is 18.3 Å². The number of nitrogens with one attached hydrogen (secondary N) is 2. The summed E-state index contributed by atoms with van der Waals surface area (Å²) in [5, 5.41) is 6.17.